The van der Waals surface area contributed by atoms with Crippen LogP contribution in [-0.4, -0.2) is 75.3 Å². The highest BCUT2D eigenvalue weighted by Gasteiger charge is 2.44. The summed E-state index contributed by atoms with van der Waals surface area (Å²) in [7, 11) is 0. The summed E-state index contributed by atoms with van der Waals surface area (Å²) in [4.78, 5) is 30.8. The number of piperidine rings is 1. The van der Waals surface area contributed by atoms with Crippen molar-refractivity contribution in [2.75, 3.05) is 13.1 Å². The largest absolute Gasteiger partial charge is 0.393 e. The summed E-state index contributed by atoms with van der Waals surface area (Å²) >= 11 is 0. The molecule has 37 heavy (non-hydrogen) atoms. The topological polar surface area (TPSA) is 93.1 Å². The molecule has 4 heterocycles. The van der Waals surface area contributed by atoms with Gasteiger partial charge in [0.05, 0.1) is 12.2 Å². The molecule has 4 aliphatic rings. The third-order valence-electron chi connectivity index (χ3n) is 9.03. The molecule has 5 atom stereocenters. The number of carbonyl (C=O) groups excluding carboxylic acids is 2. The van der Waals surface area contributed by atoms with Gasteiger partial charge in [0.1, 0.15) is 0 Å². The van der Waals surface area contributed by atoms with Gasteiger partial charge in [-0.15, -0.1) is 0 Å². The Hall–Kier alpha value is -2.74. The average Bonchev–Trinajstić information content (AvgIpc) is 3.16. The maximum Gasteiger partial charge on any atom is 0.254 e. The first kappa shape index (κ1) is 24.6. The lowest BCUT2D eigenvalue weighted by Crippen LogP contribution is -2.54. The molecule has 3 N–H and O–H groups in total. The van der Waals surface area contributed by atoms with E-state index in [1.165, 1.54) is 11.1 Å². The maximum absolute atomic E-state index is 13.5. The van der Waals surface area contributed by atoms with Gasteiger partial charge in [0.2, 0.25) is 0 Å². The summed E-state index contributed by atoms with van der Waals surface area (Å²) < 4.78 is 0. The first-order valence-corrected chi connectivity index (χ1v) is 13.6. The number of amides is 2. The minimum absolute atomic E-state index is 0.00644. The van der Waals surface area contributed by atoms with Gasteiger partial charge in [0.15, 0.2) is 0 Å². The second-order valence-corrected chi connectivity index (χ2v) is 12.1. The second-order valence-electron chi connectivity index (χ2n) is 12.1. The van der Waals surface area contributed by atoms with Gasteiger partial charge >= 0.3 is 0 Å². The van der Waals surface area contributed by atoms with Crippen LogP contribution in [0.4, 0.5) is 0 Å². The van der Waals surface area contributed by atoms with Crippen molar-refractivity contribution in [2.24, 2.45) is 0 Å². The van der Waals surface area contributed by atoms with Gasteiger partial charge in [-0.05, 0) is 67.0 Å². The maximum atomic E-state index is 13.5. The smallest absolute Gasteiger partial charge is 0.254 e. The fourth-order valence-electron chi connectivity index (χ4n) is 7.11. The number of hydrogen-bond donors (Lipinski definition) is 3. The van der Waals surface area contributed by atoms with Gasteiger partial charge in [-0.2, -0.15) is 0 Å². The minimum Gasteiger partial charge on any atom is -0.393 e. The van der Waals surface area contributed by atoms with Crippen LogP contribution in [0.1, 0.15) is 76.9 Å². The van der Waals surface area contributed by atoms with E-state index in [-0.39, 0.29) is 48.0 Å². The van der Waals surface area contributed by atoms with Crippen molar-refractivity contribution in [2.45, 2.75) is 88.2 Å². The number of hydrogen-bond acceptors (Lipinski definition) is 5. The van der Waals surface area contributed by atoms with Gasteiger partial charge in [-0.1, -0.05) is 38.1 Å². The summed E-state index contributed by atoms with van der Waals surface area (Å²) in [6.07, 6.45) is 2.93. The van der Waals surface area contributed by atoms with E-state index < -0.39 is 6.10 Å². The molecule has 0 saturated carbocycles. The quantitative estimate of drug-likeness (QED) is 0.597. The van der Waals surface area contributed by atoms with E-state index in [1.54, 1.807) is 17.0 Å². The molecule has 2 aromatic carbocycles. The number of nitrogens with one attached hydrogen (secondary N) is 1. The van der Waals surface area contributed by atoms with E-state index in [1.807, 2.05) is 23.1 Å². The van der Waals surface area contributed by atoms with E-state index in [0.717, 1.165) is 24.8 Å². The molecule has 2 aromatic rings. The number of rotatable bonds is 4. The van der Waals surface area contributed by atoms with Crippen LogP contribution < -0.4 is 5.32 Å². The van der Waals surface area contributed by atoms with Crippen molar-refractivity contribution in [3.63, 3.8) is 0 Å². The Balaban J connectivity index is 1.19. The van der Waals surface area contributed by atoms with Crippen LogP contribution >= 0.6 is 0 Å². The molecule has 196 valence electrons. The molecule has 0 spiro atoms. The van der Waals surface area contributed by atoms with Crippen LogP contribution in [0.25, 0.3) is 0 Å². The Bertz CT molecular complexity index is 1210. The van der Waals surface area contributed by atoms with Crippen molar-refractivity contribution < 1.29 is 19.8 Å². The molecule has 7 nitrogen and oxygen atoms in total. The Morgan fingerprint density at radius 1 is 1.11 bits per heavy atom. The number of nitrogens with zero attached hydrogens (tertiary/aromatic N) is 2. The van der Waals surface area contributed by atoms with E-state index in [4.69, 9.17) is 0 Å². The minimum atomic E-state index is -0.680. The summed E-state index contributed by atoms with van der Waals surface area (Å²) in [5.41, 5.74) is 4.26. The molecule has 7 heteroatoms. The van der Waals surface area contributed by atoms with Gasteiger partial charge < -0.3 is 25.3 Å². The van der Waals surface area contributed by atoms with Crippen molar-refractivity contribution in [3.05, 3.63) is 70.3 Å². The summed E-state index contributed by atoms with van der Waals surface area (Å²) in [5.74, 6) is -0.0864. The van der Waals surface area contributed by atoms with E-state index in [2.05, 4.69) is 31.3 Å². The number of fused-ring (bicyclic) bond motifs is 4. The highest BCUT2D eigenvalue weighted by Crippen LogP contribution is 2.39. The zero-order valence-electron chi connectivity index (χ0n) is 21.7. The molecule has 2 fully saturated rings. The molecular formula is C30H37N3O4. The van der Waals surface area contributed by atoms with Gasteiger partial charge in [0, 0.05) is 54.3 Å². The third-order valence-corrected chi connectivity index (χ3v) is 9.03. The van der Waals surface area contributed by atoms with Crippen LogP contribution in [0.2, 0.25) is 0 Å². The Morgan fingerprint density at radius 2 is 1.81 bits per heavy atom. The van der Waals surface area contributed by atoms with Crippen molar-refractivity contribution in [3.8, 4) is 0 Å². The third kappa shape index (κ3) is 4.37. The molecule has 2 amide bonds. The molecule has 0 aromatic heterocycles. The zero-order chi connectivity index (χ0) is 25.9. The molecular weight excluding hydrogens is 466 g/mol. The second kappa shape index (κ2) is 9.22. The van der Waals surface area contributed by atoms with E-state index in [9.17, 15) is 19.8 Å². The standard InChI is InChI=1S/C30H37N3O4/c1-30(2)17-32(16-27(35)26-12-18-5-3-4-6-20(18)15-31-26)29(37)24-10-7-19(11-25(24)30)28(36)33-21-8-9-22(33)14-23(34)13-21/h3-7,10-11,21-23,26-27,31,34-35H,8-9,12-17H2,1-2H3/t21-,22+,23?,26-,27+/m0/s1. The predicted molar refractivity (Wildman–Crippen MR) is 140 cm³/mol. The van der Waals surface area contributed by atoms with Gasteiger partial charge in [0.25, 0.3) is 11.8 Å². The lowest BCUT2D eigenvalue weighted by Gasteiger charge is -2.42. The molecule has 0 radical (unpaired) electrons. The fraction of sp³-hybridized carbons (Fsp3) is 0.533. The molecule has 1 unspecified atom stereocenters. The molecule has 6 rings (SSSR count). The van der Waals surface area contributed by atoms with Crippen LogP contribution in [0.3, 0.4) is 0 Å². The monoisotopic (exact) mass is 503 g/mol. The lowest BCUT2D eigenvalue weighted by molar-refractivity contribution is 0.0286. The van der Waals surface area contributed by atoms with E-state index in [0.29, 0.717) is 37.1 Å². The van der Waals surface area contributed by atoms with Crippen LogP contribution in [0, 0.1) is 0 Å². The Labute approximate surface area is 218 Å². The van der Waals surface area contributed by atoms with Gasteiger partial charge in [-0.25, -0.2) is 0 Å². The molecule has 4 aliphatic heterocycles. The van der Waals surface area contributed by atoms with E-state index >= 15 is 0 Å². The normalized spacial score (nSPS) is 29.0. The van der Waals surface area contributed by atoms with Crippen molar-refractivity contribution >= 4 is 11.8 Å². The lowest BCUT2D eigenvalue weighted by atomic mass is 9.77. The van der Waals surface area contributed by atoms with Crippen molar-refractivity contribution in [1.82, 2.24) is 15.1 Å². The SMILES string of the molecule is CC1(C)CN(C[C@@H](O)[C@@H]2Cc3ccccc3CN2)C(=O)c2ccc(C(=O)N3[C@@H]4CC[C@H]3CC(O)C4)cc21. The van der Waals surface area contributed by atoms with Crippen LogP contribution in [0.5, 0.6) is 0 Å². The van der Waals surface area contributed by atoms with Gasteiger partial charge in [-0.3, -0.25) is 9.59 Å². The highest BCUT2D eigenvalue weighted by molar-refractivity contribution is 6.00. The van der Waals surface area contributed by atoms with Crippen LogP contribution in [-0.2, 0) is 18.4 Å². The number of β-amino-alcohol motifs (C(OH)–C–C–N with tert-alkyl or cyclic N) is 1. The number of aliphatic hydroxyl groups excluding tert-OH is 2. The first-order valence-electron chi connectivity index (χ1n) is 13.6. The molecule has 2 bridgehead atoms. The predicted octanol–water partition coefficient (Wildman–Crippen LogP) is 2.62. The molecule has 0 aliphatic carbocycles. The average molecular weight is 504 g/mol. The highest BCUT2D eigenvalue weighted by atomic mass is 16.3. The zero-order valence-corrected chi connectivity index (χ0v) is 21.7. The summed E-state index contributed by atoms with van der Waals surface area (Å²) in [6.45, 7) is 5.66. The summed E-state index contributed by atoms with van der Waals surface area (Å²) in [5, 5.41) is 24.7. The fourth-order valence-corrected chi connectivity index (χ4v) is 7.11. The first-order chi connectivity index (χ1) is 17.7. The number of benzene rings is 2. The Morgan fingerprint density at radius 3 is 2.54 bits per heavy atom. The van der Waals surface area contributed by atoms with Crippen LogP contribution in [0.15, 0.2) is 42.5 Å². The number of carbonyl (C=O) groups is 2. The number of aliphatic hydroxyl groups is 2. The summed E-state index contributed by atoms with van der Waals surface area (Å²) in [6, 6.07) is 13.9. The molecule has 2 saturated heterocycles. The Kier molecular flexibility index (Phi) is 6.13. The van der Waals surface area contributed by atoms with Crippen molar-refractivity contribution in [1.29, 1.82) is 0 Å².